The molecule has 8 aromatic carbocycles. The molecule has 0 aliphatic heterocycles. The van der Waals surface area contributed by atoms with Gasteiger partial charge in [0.2, 0.25) is 5.71 Å². The fourth-order valence-electron chi connectivity index (χ4n) is 8.74. The van der Waals surface area contributed by atoms with E-state index in [0.29, 0.717) is 0 Å². The van der Waals surface area contributed by atoms with Crippen molar-refractivity contribution < 1.29 is 4.42 Å². The van der Waals surface area contributed by atoms with Crippen LogP contribution in [0.25, 0.3) is 109 Å². The lowest BCUT2D eigenvalue weighted by Gasteiger charge is -2.11. The predicted octanol–water partition coefficient (Wildman–Crippen LogP) is 14.3. The van der Waals surface area contributed by atoms with Crippen LogP contribution in [0, 0.1) is 0 Å². The van der Waals surface area contributed by atoms with E-state index < -0.39 is 0 Å². The Morgan fingerprint density at radius 2 is 1.06 bits per heavy atom. The molecule has 252 valence electrons. The summed E-state index contributed by atoms with van der Waals surface area (Å²) < 4.78 is 13.8. The summed E-state index contributed by atoms with van der Waals surface area (Å²) in [5.41, 5.74) is 12.4. The minimum Gasteiger partial charge on any atom is -0.439 e. The van der Waals surface area contributed by atoms with Crippen LogP contribution in [0.15, 0.2) is 186 Å². The maximum Gasteiger partial charge on any atom is 0.213 e. The molecule has 0 radical (unpaired) electrons. The first kappa shape index (κ1) is 29.7. The number of rotatable bonds is 4. The van der Waals surface area contributed by atoms with Crippen molar-refractivity contribution in [2.45, 2.75) is 0 Å². The van der Waals surface area contributed by atoms with E-state index in [2.05, 4.69) is 185 Å². The standard InChI is InChI=1S/C50H30N2OS/c1-2-11-34(12-3-1)52-44-30-32(23-27-38(44)49-39-14-5-8-18-45(39)53-50(49)52)31-21-25-35(26-22-31)51-42-17-7-4-13-37(42)41-29-33(24-28-43(41)51)36-16-10-20-47-48(36)40-15-6-9-19-46(40)54-47/h1-30H. The Hall–Kier alpha value is -6.88. The Morgan fingerprint density at radius 1 is 0.370 bits per heavy atom. The Balaban J connectivity index is 0.991. The van der Waals surface area contributed by atoms with Gasteiger partial charge in [-0.15, -0.1) is 11.3 Å². The molecule has 0 aliphatic rings. The van der Waals surface area contributed by atoms with Gasteiger partial charge < -0.3 is 8.98 Å². The molecule has 0 saturated carbocycles. The maximum absolute atomic E-state index is 6.52. The first-order valence-electron chi connectivity index (χ1n) is 18.3. The number of thiophene rings is 1. The van der Waals surface area contributed by atoms with Gasteiger partial charge in [0.05, 0.1) is 21.9 Å². The summed E-state index contributed by atoms with van der Waals surface area (Å²) in [4.78, 5) is 0. The number of hydrogen-bond donors (Lipinski definition) is 0. The van der Waals surface area contributed by atoms with E-state index >= 15 is 0 Å². The fraction of sp³-hybridized carbons (Fsp3) is 0. The molecule has 0 atom stereocenters. The van der Waals surface area contributed by atoms with Crippen LogP contribution in [-0.4, -0.2) is 9.13 Å². The molecule has 0 saturated heterocycles. The van der Waals surface area contributed by atoms with Crippen molar-refractivity contribution in [3.8, 4) is 33.6 Å². The third-order valence-corrected chi connectivity index (χ3v) is 12.3. The summed E-state index contributed by atoms with van der Waals surface area (Å²) >= 11 is 1.87. The quantitative estimate of drug-likeness (QED) is 0.179. The van der Waals surface area contributed by atoms with Gasteiger partial charge in [0.25, 0.3) is 0 Å². The molecule has 0 aliphatic carbocycles. The highest BCUT2D eigenvalue weighted by Gasteiger charge is 2.20. The van der Waals surface area contributed by atoms with E-state index in [1.807, 2.05) is 17.4 Å². The van der Waals surface area contributed by atoms with E-state index in [0.717, 1.165) is 44.5 Å². The van der Waals surface area contributed by atoms with Crippen molar-refractivity contribution >= 4 is 86.3 Å². The Bertz CT molecular complexity index is 3430. The minimum absolute atomic E-state index is 0.875. The third-order valence-electron chi connectivity index (χ3n) is 11.1. The zero-order valence-electron chi connectivity index (χ0n) is 29.0. The van der Waals surface area contributed by atoms with Gasteiger partial charge in [0, 0.05) is 53.1 Å². The van der Waals surface area contributed by atoms with Crippen LogP contribution in [0.4, 0.5) is 0 Å². The zero-order valence-corrected chi connectivity index (χ0v) is 29.8. The van der Waals surface area contributed by atoms with E-state index in [1.165, 1.54) is 64.1 Å². The highest BCUT2D eigenvalue weighted by molar-refractivity contribution is 7.25. The Kier molecular flexibility index (Phi) is 6.21. The number of hydrogen-bond acceptors (Lipinski definition) is 2. The van der Waals surface area contributed by atoms with Crippen molar-refractivity contribution in [2.75, 3.05) is 0 Å². The summed E-state index contributed by atoms with van der Waals surface area (Å²) in [5.74, 6) is 0. The molecule has 54 heavy (non-hydrogen) atoms. The third kappa shape index (κ3) is 4.23. The van der Waals surface area contributed by atoms with Gasteiger partial charge in [-0.2, -0.15) is 0 Å². The number of para-hydroxylation sites is 3. The summed E-state index contributed by atoms with van der Waals surface area (Å²) in [6.45, 7) is 0. The average Bonchev–Trinajstić information content (AvgIpc) is 3.98. The first-order valence-corrected chi connectivity index (χ1v) is 19.2. The predicted molar refractivity (Wildman–Crippen MR) is 229 cm³/mol. The van der Waals surface area contributed by atoms with Crippen LogP contribution < -0.4 is 0 Å². The molecule has 0 spiro atoms. The van der Waals surface area contributed by atoms with Gasteiger partial charge in [-0.25, -0.2) is 0 Å². The molecular formula is C50H30N2OS. The summed E-state index contributed by atoms with van der Waals surface area (Å²) in [6, 6.07) is 65.9. The molecule has 4 heteroatoms. The second kappa shape index (κ2) is 11.3. The SMILES string of the molecule is c1ccc(-n2c3cc(-c4ccc(-n5c6ccccc6c6cc(-c7cccc8sc9ccccc9c78)ccc65)cc4)ccc3c3c4ccccc4oc32)cc1. The topological polar surface area (TPSA) is 23.0 Å². The van der Waals surface area contributed by atoms with Gasteiger partial charge in [0.15, 0.2) is 0 Å². The lowest BCUT2D eigenvalue weighted by atomic mass is 9.98. The second-order valence-corrected chi connectivity index (χ2v) is 15.2. The van der Waals surface area contributed by atoms with Gasteiger partial charge in [0.1, 0.15) is 5.58 Å². The average molecular weight is 707 g/mol. The van der Waals surface area contributed by atoms with Gasteiger partial charge in [-0.05, 0) is 89.0 Å². The highest BCUT2D eigenvalue weighted by Crippen LogP contribution is 2.43. The van der Waals surface area contributed by atoms with Crippen LogP contribution in [0.2, 0.25) is 0 Å². The molecule has 12 aromatic rings. The van der Waals surface area contributed by atoms with Crippen molar-refractivity contribution in [3.05, 3.63) is 182 Å². The van der Waals surface area contributed by atoms with E-state index in [9.17, 15) is 0 Å². The molecule has 0 N–H and O–H groups in total. The molecule has 0 bridgehead atoms. The molecular weight excluding hydrogens is 677 g/mol. The fourth-order valence-corrected chi connectivity index (χ4v) is 9.87. The molecule has 0 fully saturated rings. The first-order chi connectivity index (χ1) is 26.8. The molecule has 0 amide bonds. The Morgan fingerprint density at radius 3 is 1.94 bits per heavy atom. The maximum atomic E-state index is 6.52. The van der Waals surface area contributed by atoms with Crippen molar-refractivity contribution in [2.24, 2.45) is 0 Å². The molecule has 4 heterocycles. The van der Waals surface area contributed by atoms with Crippen LogP contribution in [0.5, 0.6) is 0 Å². The molecule has 3 nitrogen and oxygen atoms in total. The number of fused-ring (bicyclic) bond motifs is 11. The largest absolute Gasteiger partial charge is 0.439 e. The van der Waals surface area contributed by atoms with Crippen LogP contribution >= 0.6 is 11.3 Å². The zero-order chi connectivity index (χ0) is 35.3. The van der Waals surface area contributed by atoms with Gasteiger partial charge >= 0.3 is 0 Å². The number of furan rings is 1. The van der Waals surface area contributed by atoms with E-state index in [-0.39, 0.29) is 0 Å². The molecule has 4 aromatic heterocycles. The van der Waals surface area contributed by atoms with Crippen LogP contribution in [-0.2, 0) is 0 Å². The highest BCUT2D eigenvalue weighted by atomic mass is 32.1. The normalized spacial score (nSPS) is 12.1. The van der Waals surface area contributed by atoms with E-state index in [1.54, 1.807) is 0 Å². The van der Waals surface area contributed by atoms with Crippen LogP contribution in [0.1, 0.15) is 0 Å². The number of aromatic nitrogens is 2. The lowest BCUT2D eigenvalue weighted by molar-refractivity contribution is 0.645. The summed E-state index contributed by atoms with van der Waals surface area (Å²) in [7, 11) is 0. The van der Waals surface area contributed by atoms with Gasteiger partial charge in [-0.1, -0.05) is 115 Å². The number of benzene rings is 8. The summed E-state index contributed by atoms with van der Waals surface area (Å²) in [5, 5.41) is 8.66. The van der Waals surface area contributed by atoms with Crippen molar-refractivity contribution in [1.82, 2.24) is 9.13 Å². The van der Waals surface area contributed by atoms with Crippen molar-refractivity contribution in [3.63, 3.8) is 0 Å². The minimum atomic E-state index is 0.875. The smallest absolute Gasteiger partial charge is 0.213 e. The van der Waals surface area contributed by atoms with Crippen LogP contribution in [0.3, 0.4) is 0 Å². The van der Waals surface area contributed by atoms with E-state index in [4.69, 9.17) is 4.42 Å². The molecule has 0 unspecified atom stereocenters. The second-order valence-electron chi connectivity index (χ2n) is 14.1. The monoisotopic (exact) mass is 706 g/mol. The Labute approximate surface area is 314 Å². The lowest BCUT2D eigenvalue weighted by Crippen LogP contribution is -1.94. The van der Waals surface area contributed by atoms with Gasteiger partial charge in [-0.3, -0.25) is 4.57 Å². The summed E-state index contributed by atoms with van der Waals surface area (Å²) in [6.07, 6.45) is 0. The number of nitrogens with zero attached hydrogens (tertiary/aromatic N) is 2. The van der Waals surface area contributed by atoms with Crippen molar-refractivity contribution in [1.29, 1.82) is 0 Å². The molecule has 12 rings (SSSR count).